The third-order valence-corrected chi connectivity index (χ3v) is 3.35. The van der Waals surface area contributed by atoms with Gasteiger partial charge >= 0.3 is 0 Å². The first kappa shape index (κ1) is 14.3. The number of pyridine rings is 1. The molecule has 1 N–H and O–H groups in total. The summed E-state index contributed by atoms with van der Waals surface area (Å²) >= 11 is 0. The van der Waals surface area contributed by atoms with E-state index in [1.807, 2.05) is 13.0 Å². The van der Waals surface area contributed by atoms with Gasteiger partial charge in [-0.05, 0) is 36.6 Å². The van der Waals surface area contributed by atoms with Gasteiger partial charge in [0.25, 0.3) is 0 Å². The Morgan fingerprint density at radius 3 is 2.77 bits per heavy atom. The molecule has 0 saturated carbocycles. The number of nitrogens with zero attached hydrogens (tertiary/aromatic N) is 3. The van der Waals surface area contributed by atoms with E-state index >= 15 is 0 Å². The highest BCUT2D eigenvalue weighted by Gasteiger charge is 2.07. The van der Waals surface area contributed by atoms with Crippen molar-refractivity contribution in [2.45, 2.75) is 13.3 Å². The molecule has 0 spiro atoms. The zero-order valence-corrected chi connectivity index (χ0v) is 12.0. The third-order valence-electron chi connectivity index (χ3n) is 3.35. The fraction of sp³-hybridized carbons (Fsp3) is 0.188. The van der Waals surface area contributed by atoms with Gasteiger partial charge in [-0.15, -0.1) is 0 Å². The molecule has 0 atom stereocenters. The summed E-state index contributed by atoms with van der Waals surface area (Å²) in [6, 6.07) is 6.48. The summed E-state index contributed by atoms with van der Waals surface area (Å²) in [5.74, 6) is -0.179. The molecule has 112 valence electrons. The number of halogens is 2. The van der Waals surface area contributed by atoms with E-state index in [0.29, 0.717) is 35.4 Å². The summed E-state index contributed by atoms with van der Waals surface area (Å²) in [5.41, 5.74) is 1.93. The Morgan fingerprint density at radius 1 is 1.09 bits per heavy atom. The maximum absolute atomic E-state index is 13.8. The quantitative estimate of drug-likeness (QED) is 0.803. The van der Waals surface area contributed by atoms with Crippen LogP contribution in [-0.2, 0) is 6.42 Å². The second-order valence-corrected chi connectivity index (χ2v) is 5.02. The SMILES string of the molecule is Cc1ccc(CCNc2ncnc3ncc(F)cc23)c(F)c1. The molecule has 0 aliphatic carbocycles. The maximum atomic E-state index is 13.8. The number of hydrogen-bond acceptors (Lipinski definition) is 4. The average Bonchev–Trinajstić information content (AvgIpc) is 2.50. The van der Waals surface area contributed by atoms with Crippen molar-refractivity contribution >= 4 is 16.9 Å². The van der Waals surface area contributed by atoms with Crippen LogP contribution in [0.25, 0.3) is 11.0 Å². The molecule has 0 unspecified atom stereocenters. The first-order chi connectivity index (χ1) is 10.6. The molecule has 6 heteroatoms. The predicted octanol–water partition coefficient (Wildman–Crippen LogP) is 3.27. The lowest BCUT2D eigenvalue weighted by atomic mass is 10.1. The molecule has 0 saturated heterocycles. The molecule has 0 aliphatic heterocycles. The summed E-state index contributed by atoms with van der Waals surface area (Å²) in [7, 11) is 0. The minimum Gasteiger partial charge on any atom is -0.369 e. The van der Waals surface area contributed by atoms with Crippen molar-refractivity contribution in [3.05, 3.63) is 59.6 Å². The summed E-state index contributed by atoms with van der Waals surface area (Å²) in [4.78, 5) is 12.0. The minimum atomic E-state index is -0.449. The van der Waals surface area contributed by atoms with Crippen LogP contribution < -0.4 is 5.32 Å². The molecule has 0 fully saturated rings. The Bertz CT molecular complexity index is 820. The Kier molecular flexibility index (Phi) is 3.91. The number of hydrogen-bond donors (Lipinski definition) is 1. The molecule has 3 rings (SSSR count). The van der Waals surface area contributed by atoms with Gasteiger partial charge < -0.3 is 5.32 Å². The number of aromatic nitrogens is 3. The Balaban J connectivity index is 1.75. The van der Waals surface area contributed by atoms with Gasteiger partial charge in [0.2, 0.25) is 0 Å². The van der Waals surface area contributed by atoms with Crippen molar-refractivity contribution in [3.63, 3.8) is 0 Å². The van der Waals surface area contributed by atoms with Crippen molar-refractivity contribution in [2.24, 2.45) is 0 Å². The third kappa shape index (κ3) is 3.00. The summed E-state index contributed by atoms with van der Waals surface area (Å²) < 4.78 is 27.1. The highest BCUT2D eigenvalue weighted by Crippen LogP contribution is 2.18. The van der Waals surface area contributed by atoms with E-state index in [9.17, 15) is 8.78 Å². The van der Waals surface area contributed by atoms with E-state index in [0.717, 1.165) is 11.8 Å². The van der Waals surface area contributed by atoms with Crippen molar-refractivity contribution in [1.29, 1.82) is 0 Å². The smallest absolute Gasteiger partial charge is 0.164 e. The van der Waals surface area contributed by atoms with Gasteiger partial charge in [0.1, 0.15) is 23.8 Å². The number of benzene rings is 1. The van der Waals surface area contributed by atoms with Crippen LogP contribution in [0.4, 0.5) is 14.6 Å². The van der Waals surface area contributed by atoms with Crippen molar-refractivity contribution < 1.29 is 8.78 Å². The van der Waals surface area contributed by atoms with Crippen LogP contribution in [0.2, 0.25) is 0 Å². The van der Waals surface area contributed by atoms with Gasteiger partial charge in [-0.25, -0.2) is 23.7 Å². The molecule has 0 amide bonds. The Labute approximate surface area is 126 Å². The Hall–Kier alpha value is -2.63. The van der Waals surface area contributed by atoms with Crippen LogP contribution in [0.5, 0.6) is 0 Å². The standard InChI is InChI=1S/C16H14F2N4/c1-10-2-3-11(14(18)6-10)4-5-19-15-13-7-12(17)8-20-16(13)22-9-21-15/h2-3,6-9H,4-5H2,1H3,(H,19,20,21,22). The highest BCUT2D eigenvalue weighted by atomic mass is 19.1. The first-order valence-corrected chi connectivity index (χ1v) is 6.88. The van der Waals surface area contributed by atoms with E-state index in [2.05, 4.69) is 20.3 Å². The van der Waals surface area contributed by atoms with Crippen molar-refractivity contribution in [2.75, 3.05) is 11.9 Å². The minimum absolute atomic E-state index is 0.220. The summed E-state index contributed by atoms with van der Waals surface area (Å²) in [5, 5.41) is 3.59. The number of aryl methyl sites for hydroxylation is 1. The van der Waals surface area contributed by atoms with E-state index < -0.39 is 5.82 Å². The second-order valence-electron chi connectivity index (χ2n) is 5.02. The zero-order valence-electron chi connectivity index (χ0n) is 12.0. The molecule has 22 heavy (non-hydrogen) atoms. The lowest BCUT2D eigenvalue weighted by molar-refractivity contribution is 0.609. The molecule has 0 radical (unpaired) electrons. The lowest BCUT2D eigenvalue weighted by Crippen LogP contribution is -2.08. The van der Waals surface area contributed by atoms with Gasteiger partial charge in [-0.1, -0.05) is 12.1 Å². The topological polar surface area (TPSA) is 50.7 Å². The van der Waals surface area contributed by atoms with Crippen LogP contribution >= 0.6 is 0 Å². The largest absolute Gasteiger partial charge is 0.369 e. The summed E-state index contributed by atoms with van der Waals surface area (Å²) in [6.45, 7) is 2.32. The fourth-order valence-electron chi connectivity index (χ4n) is 2.23. The number of fused-ring (bicyclic) bond motifs is 1. The average molecular weight is 300 g/mol. The zero-order chi connectivity index (χ0) is 15.5. The molecule has 4 nitrogen and oxygen atoms in total. The van der Waals surface area contributed by atoms with Crippen LogP contribution in [0.1, 0.15) is 11.1 Å². The highest BCUT2D eigenvalue weighted by molar-refractivity contribution is 5.85. The van der Waals surface area contributed by atoms with Crippen LogP contribution in [0.3, 0.4) is 0 Å². The second kappa shape index (κ2) is 6.01. The van der Waals surface area contributed by atoms with Crippen molar-refractivity contribution in [1.82, 2.24) is 15.0 Å². The molecule has 0 aliphatic rings. The van der Waals surface area contributed by atoms with Crippen LogP contribution in [-0.4, -0.2) is 21.5 Å². The maximum Gasteiger partial charge on any atom is 0.164 e. The summed E-state index contributed by atoms with van der Waals surface area (Å²) in [6.07, 6.45) is 2.98. The van der Waals surface area contributed by atoms with E-state index in [1.165, 1.54) is 18.5 Å². The fourth-order valence-corrected chi connectivity index (χ4v) is 2.23. The monoisotopic (exact) mass is 300 g/mol. The van der Waals surface area contributed by atoms with Gasteiger partial charge in [0.15, 0.2) is 5.65 Å². The predicted molar refractivity (Wildman–Crippen MR) is 80.6 cm³/mol. The molecular weight excluding hydrogens is 286 g/mol. The number of rotatable bonds is 4. The van der Waals surface area contributed by atoms with Crippen LogP contribution in [0, 0.1) is 18.6 Å². The van der Waals surface area contributed by atoms with E-state index in [-0.39, 0.29) is 5.82 Å². The van der Waals surface area contributed by atoms with E-state index in [1.54, 1.807) is 6.07 Å². The van der Waals surface area contributed by atoms with Gasteiger partial charge in [-0.2, -0.15) is 0 Å². The van der Waals surface area contributed by atoms with Gasteiger partial charge in [0.05, 0.1) is 11.6 Å². The molecule has 3 aromatic rings. The number of anilines is 1. The molecule has 2 heterocycles. The first-order valence-electron chi connectivity index (χ1n) is 6.88. The Morgan fingerprint density at radius 2 is 1.95 bits per heavy atom. The molecule has 2 aromatic heterocycles. The molecular formula is C16H14F2N4. The van der Waals surface area contributed by atoms with Gasteiger partial charge in [0, 0.05) is 6.54 Å². The number of nitrogens with one attached hydrogen (secondary N) is 1. The lowest BCUT2D eigenvalue weighted by Gasteiger charge is -2.09. The molecule has 1 aromatic carbocycles. The van der Waals surface area contributed by atoms with Crippen LogP contribution in [0.15, 0.2) is 36.8 Å². The normalized spacial score (nSPS) is 10.9. The van der Waals surface area contributed by atoms with E-state index in [4.69, 9.17) is 0 Å². The van der Waals surface area contributed by atoms with Crippen molar-refractivity contribution in [3.8, 4) is 0 Å². The van der Waals surface area contributed by atoms with Gasteiger partial charge in [-0.3, -0.25) is 0 Å². The molecule has 0 bridgehead atoms.